The van der Waals surface area contributed by atoms with Gasteiger partial charge >= 0.3 is 0 Å². The maximum atomic E-state index is 5.78. The number of aromatic nitrogens is 2. The third kappa shape index (κ3) is 3.73. The summed E-state index contributed by atoms with van der Waals surface area (Å²) in [5.41, 5.74) is 2.07. The van der Waals surface area contributed by atoms with Crippen molar-refractivity contribution in [2.45, 2.75) is 26.4 Å². The number of ether oxygens (including phenoxy) is 3. The zero-order valence-corrected chi connectivity index (χ0v) is 14.5. The van der Waals surface area contributed by atoms with Crippen LogP contribution >= 0.6 is 11.5 Å². The van der Waals surface area contributed by atoms with Crippen molar-refractivity contribution in [2.24, 2.45) is 0 Å². The second-order valence-corrected chi connectivity index (χ2v) is 6.45. The van der Waals surface area contributed by atoms with Crippen molar-refractivity contribution in [3.05, 3.63) is 28.3 Å². The highest BCUT2D eigenvalue weighted by atomic mass is 32.1. The van der Waals surface area contributed by atoms with Gasteiger partial charge in [-0.3, -0.25) is 4.90 Å². The molecule has 6 nitrogen and oxygen atoms in total. The van der Waals surface area contributed by atoms with E-state index >= 15 is 0 Å². The smallest absolute Gasteiger partial charge is 0.164 e. The van der Waals surface area contributed by atoms with Crippen molar-refractivity contribution in [3.8, 4) is 17.2 Å². The van der Waals surface area contributed by atoms with Crippen LogP contribution in [0.15, 0.2) is 12.1 Å². The number of fused-ring (bicyclic) bond motifs is 1. The molecule has 23 heavy (non-hydrogen) atoms. The fraction of sp³-hybridized carbons (Fsp3) is 0.500. The number of rotatable bonds is 5. The Balaban J connectivity index is 1.78. The maximum Gasteiger partial charge on any atom is 0.164 e. The van der Waals surface area contributed by atoms with Crippen molar-refractivity contribution in [1.82, 2.24) is 14.5 Å². The lowest BCUT2D eigenvalue weighted by Gasteiger charge is -2.19. The Bertz CT molecular complexity index is 675. The zero-order valence-electron chi connectivity index (χ0n) is 13.7. The van der Waals surface area contributed by atoms with E-state index in [-0.39, 0.29) is 0 Å². The lowest BCUT2D eigenvalue weighted by molar-refractivity contribution is 0.296. The van der Waals surface area contributed by atoms with Crippen molar-refractivity contribution < 1.29 is 14.2 Å². The predicted octanol–water partition coefficient (Wildman–Crippen LogP) is 2.65. The van der Waals surface area contributed by atoms with Crippen molar-refractivity contribution >= 4 is 11.5 Å². The van der Waals surface area contributed by atoms with Gasteiger partial charge in [0, 0.05) is 31.1 Å². The highest BCUT2D eigenvalue weighted by molar-refractivity contribution is 7.05. The van der Waals surface area contributed by atoms with Gasteiger partial charge in [0.2, 0.25) is 0 Å². The molecule has 7 heteroatoms. The molecule has 0 saturated carbocycles. The highest BCUT2D eigenvalue weighted by Gasteiger charge is 2.17. The van der Waals surface area contributed by atoms with Crippen LogP contribution in [0.4, 0.5) is 0 Å². The van der Waals surface area contributed by atoms with Crippen LogP contribution in [0, 0.1) is 6.92 Å². The van der Waals surface area contributed by atoms with Crippen molar-refractivity contribution in [3.63, 3.8) is 0 Å². The van der Waals surface area contributed by atoms with E-state index in [1.807, 2.05) is 19.1 Å². The quantitative estimate of drug-likeness (QED) is 0.837. The van der Waals surface area contributed by atoms with E-state index in [9.17, 15) is 0 Å². The van der Waals surface area contributed by atoms with E-state index < -0.39 is 0 Å². The SMILES string of the molecule is COc1cc2c(cc1CN(C)Cc1snnc1C)OCCCO2. The fourth-order valence-electron chi connectivity index (χ4n) is 2.53. The summed E-state index contributed by atoms with van der Waals surface area (Å²) in [6, 6.07) is 3.94. The minimum Gasteiger partial charge on any atom is -0.496 e. The molecule has 1 aromatic heterocycles. The van der Waals surface area contributed by atoms with E-state index in [0.717, 1.165) is 48.0 Å². The molecule has 2 aromatic rings. The van der Waals surface area contributed by atoms with E-state index in [1.165, 1.54) is 16.4 Å². The minimum absolute atomic E-state index is 0.674. The Morgan fingerprint density at radius 1 is 1.22 bits per heavy atom. The Morgan fingerprint density at radius 2 is 1.96 bits per heavy atom. The monoisotopic (exact) mass is 335 g/mol. The molecular formula is C16H21N3O3S. The first-order chi connectivity index (χ1) is 11.2. The minimum atomic E-state index is 0.674. The molecule has 1 aliphatic rings. The third-order valence-corrected chi connectivity index (χ3v) is 4.56. The number of hydrogen-bond donors (Lipinski definition) is 0. The van der Waals surface area contributed by atoms with Gasteiger partial charge in [-0.15, -0.1) is 5.10 Å². The molecule has 0 bridgehead atoms. The van der Waals surface area contributed by atoms with Gasteiger partial charge in [0.25, 0.3) is 0 Å². The van der Waals surface area contributed by atoms with E-state index in [1.54, 1.807) is 7.11 Å². The number of aryl methyl sites for hydroxylation is 1. The summed E-state index contributed by atoms with van der Waals surface area (Å²) in [4.78, 5) is 3.39. The summed E-state index contributed by atoms with van der Waals surface area (Å²) in [6.45, 7) is 4.90. The van der Waals surface area contributed by atoms with Crippen LogP contribution in [0.1, 0.15) is 22.6 Å². The molecule has 0 unspecified atom stereocenters. The maximum absolute atomic E-state index is 5.78. The van der Waals surface area contributed by atoms with E-state index in [0.29, 0.717) is 13.2 Å². The zero-order chi connectivity index (χ0) is 16.2. The molecule has 0 fully saturated rings. The molecule has 1 aliphatic heterocycles. The Labute approximate surface area is 140 Å². The summed E-state index contributed by atoms with van der Waals surface area (Å²) < 4.78 is 21.0. The molecule has 3 rings (SSSR count). The number of benzene rings is 1. The van der Waals surface area contributed by atoms with E-state index in [4.69, 9.17) is 14.2 Å². The molecule has 2 heterocycles. The lowest BCUT2D eigenvalue weighted by Crippen LogP contribution is -2.17. The van der Waals surface area contributed by atoms with Gasteiger partial charge in [-0.2, -0.15) is 0 Å². The Kier molecular flexibility index (Phi) is 4.97. The van der Waals surface area contributed by atoms with Gasteiger partial charge in [-0.1, -0.05) is 4.49 Å². The number of methoxy groups -OCH3 is 1. The first kappa shape index (κ1) is 16.0. The van der Waals surface area contributed by atoms with Gasteiger partial charge < -0.3 is 14.2 Å². The van der Waals surface area contributed by atoms with Gasteiger partial charge in [0.05, 0.1) is 30.9 Å². The van der Waals surface area contributed by atoms with Crippen LogP contribution in [0.25, 0.3) is 0 Å². The van der Waals surface area contributed by atoms with Crippen LogP contribution in [0.2, 0.25) is 0 Å². The van der Waals surface area contributed by atoms with Crippen molar-refractivity contribution in [1.29, 1.82) is 0 Å². The van der Waals surface area contributed by atoms with Crippen LogP contribution in [-0.2, 0) is 13.1 Å². The molecule has 0 aliphatic carbocycles. The summed E-state index contributed by atoms with van der Waals surface area (Å²) in [5, 5.41) is 4.06. The highest BCUT2D eigenvalue weighted by Crippen LogP contribution is 2.37. The average molecular weight is 335 g/mol. The normalized spacial score (nSPS) is 13.9. The lowest BCUT2D eigenvalue weighted by atomic mass is 10.1. The first-order valence-electron chi connectivity index (χ1n) is 7.60. The van der Waals surface area contributed by atoms with Gasteiger partial charge in [-0.05, 0) is 31.6 Å². The van der Waals surface area contributed by atoms with Crippen LogP contribution in [-0.4, -0.2) is 41.9 Å². The van der Waals surface area contributed by atoms with Crippen LogP contribution in [0.3, 0.4) is 0 Å². The molecule has 0 N–H and O–H groups in total. The molecule has 0 spiro atoms. The molecule has 0 atom stereocenters. The third-order valence-electron chi connectivity index (χ3n) is 3.75. The average Bonchev–Trinajstić information content (AvgIpc) is 2.80. The second kappa shape index (κ2) is 7.14. The second-order valence-electron chi connectivity index (χ2n) is 5.62. The predicted molar refractivity (Wildman–Crippen MR) is 88.4 cm³/mol. The molecule has 0 saturated heterocycles. The summed E-state index contributed by atoms with van der Waals surface area (Å²) >= 11 is 1.45. The van der Waals surface area contributed by atoms with Gasteiger partial charge in [0.1, 0.15) is 5.75 Å². The standard InChI is InChI=1S/C16H21N3O3S/c1-11-16(23-18-17-11)10-19(2)9-12-7-14-15(8-13(12)20-3)22-6-4-5-21-14/h7-8H,4-6,9-10H2,1-3H3. The molecule has 124 valence electrons. The largest absolute Gasteiger partial charge is 0.496 e. The number of nitrogens with zero attached hydrogens (tertiary/aromatic N) is 3. The molecular weight excluding hydrogens is 314 g/mol. The van der Waals surface area contributed by atoms with Crippen molar-refractivity contribution in [2.75, 3.05) is 27.4 Å². The summed E-state index contributed by atoms with van der Waals surface area (Å²) in [7, 11) is 3.75. The molecule has 0 amide bonds. The number of hydrogen-bond acceptors (Lipinski definition) is 7. The van der Waals surface area contributed by atoms with Gasteiger partial charge in [0.15, 0.2) is 11.5 Å². The Hall–Kier alpha value is -1.86. The Morgan fingerprint density at radius 3 is 2.61 bits per heavy atom. The van der Waals surface area contributed by atoms with Gasteiger partial charge in [-0.25, -0.2) is 0 Å². The first-order valence-corrected chi connectivity index (χ1v) is 8.37. The van der Waals surface area contributed by atoms with Crippen LogP contribution in [0.5, 0.6) is 17.2 Å². The van der Waals surface area contributed by atoms with Crippen LogP contribution < -0.4 is 14.2 Å². The molecule has 0 radical (unpaired) electrons. The fourth-order valence-corrected chi connectivity index (χ4v) is 3.25. The topological polar surface area (TPSA) is 56.7 Å². The molecule has 1 aromatic carbocycles. The summed E-state index contributed by atoms with van der Waals surface area (Å²) in [5.74, 6) is 2.37. The summed E-state index contributed by atoms with van der Waals surface area (Å²) in [6.07, 6.45) is 0.893. The van der Waals surface area contributed by atoms with E-state index in [2.05, 4.69) is 21.5 Å².